The highest BCUT2D eigenvalue weighted by Gasteiger charge is 2.57. The van der Waals surface area contributed by atoms with Gasteiger partial charge < -0.3 is 9.47 Å². The Morgan fingerprint density at radius 2 is 2.11 bits per heavy atom. The molecule has 4 unspecified atom stereocenters. The van der Waals surface area contributed by atoms with Gasteiger partial charge in [-0.05, 0) is 25.2 Å². The van der Waals surface area contributed by atoms with Gasteiger partial charge in [-0.2, -0.15) is 0 Å². The highest BCUT2D eigenvalue weighted by atomic mass is 16.6. The fraction of sp³-hybridized carbons (Fsp3) is 0.938. The summed E-state index contributed by atoms with van der Waals surface area (Å²) in [5, 5.41) is 0. The minimum Gasteiger partial charge on any atom is -0.459 e. The second kappa shape index (κ2) is 5.82. The molecule has 4 atom stereocenters. The van der Waals surface area contributed by atoms with Gasteiger partial charge in [0.1, 0.15) is 5.60 Å². The summed E-state index contributed by atoms with van der Waals surface area (Å²) in [6.45, 7) is 8.56. The summed E-state index contributed by atoms with van der Waals surface area (Å²) < 4.78 is 11.7. The zero-order chi connectivity index (χ0) is 14.0. The van der Waals surface area contributed by atoms with Crippen molar-refractivity contribution in [3.63, 3.8) is 0 Å². The average Bonchev–Trinajstić information content (AvgIpc) is 3.12. The molecule has 1 heterocycles. The predicted molar refractivity (Wildman–Crippen MR) is 74.9 cm³/mol. The molecular formula is C16H28O3. The Morgan fingerprint density at radius 1 is 1.37 bits per heavy atom. The van der Waals surface area contributed by atoms with Gasteiger partial charge in [0.25, 0.3) is 0 Å². The number of hydrogen-bond donors (Lipinski definition) is 0. The second-order valence-corrected chi connectivity index (χ2v) is 6.50. The monoisotopic (exact) mass is 268 g/mol. The van der Waals surface area contributed by atoms with Crippen molar-refractivity contribution in [1.29, 1.82) is 0 Å². The number of carbonyl (C=O) groups excluding carboxylic acids is 1. The first-order valence-corrected chi connectivity index (χ1v) is 7.89. The molecule has 0 aromatic carbocycles. The topological polar surface area (TPSA) is 38.8 Å². The predicted octanol–water partition coefficient (Wildman–Crippen LogP) is 3.70. The van der Waals surface area contributed by atoms with E-state index in [-0.39, 0.29) is 11.6 Å². The molecule has 0 bridgehead atoms. The van der Waals surface area contributed by atoms with E-state index in [2.05, 4.69) is 20.8 Å². The molecule has 0 amide bonds. The zero-order valence-corrected chi connectivity index (χ0v) is 12.8. The Labute approximate surface area is 117 Å². The molecule has 2 fully saturated rings. The SMILES string of the molecule is CCCCC1(OC(=O)CC)CC2OC2CC1C(C)C. The molecule has 0 aromatic heterocycles. The van der Waals surface area contributed by atoms with Gasteiger partial charge in [0.15, 0.2) is 0 Å². The van der Waals surface area contributed by atoms with Crippen molar-refractivity contribution < 1.29 is 14.3 Å². The molecule has 1 saturated carbocycles. The highest BCUT2D eigenvalue weighted by molar-refractivity contribution is 5.69. The van der Waals surface area contributed by atoms with E-state index in [1.54, 1.807) is 0 Å². The lowest BCUT2D eigenvalue weighted by molar-refractivity contribution is -0.174. The van der Waals surface area contributed by atoms with Crippen LogP contribution in [-0.2, 0) is 14.3 Å². The van der Waals surface area contributed by atoms with Gasteiger partial charge in [-0.15, -0.1) is 0 Å². The average molecular weight is 268 g/mol. The molecule has 19 heavy (non-hydrogen) atoms. The third-order valence-corrected chi connectivity index (χ3v) is 4.76. The number of esters is 1. The maximum Gasteiger partial charge on any atom is 0.306 e. The van der Waals surface area contributed by atoms with Crippen molar-refractivity contribution >= 4 is 5.97 Å². The smallest absolute Gasteiger partial charge is 0.306 e. The third-order valence-electron chi connectivity index (χ3n) is 4.76. The molecule has 1 aliphatic heterocycles. The van der Waals surface area contributed by atoms with Crippen LogP contribution in [0.15, 0.2) is 0 Å². The number of epoxide rings is 1. The van der Waals surface area contributed by atoms with Gasteiger partial charge in [0, 0.05) is 18.8 Å². The van der Waals surface area contributed by atoms with Gasteiger partial charge in [-0.3, -0.25) is 4.79 Å². The second-order valence-electron chi connectivity index (χ2n) is 6.50. The van der Waals surface area contributed by atoms with Crippen molar-refractivity contribution in [3.8, 4) is 0 Å². The van der Waals surface area contributed by atoms with Crippen molar-refractivity contribution in [3.05, 3.63) is 0 Å². The molecule has 3 nitrogen and oxygen atoms in total. The number of hydrogen-bond acceptors (Lipinski definition) is 3. The maximum atomic E-state index is 11.9. The first-order valence-electron chi connectivity index (χ1n) is 7.89. The van der Waals surface area contributed by atoms with Gasteiger partial charge >= 0.3 is 5.97 Å². The third kappa shape index (κ3) is 3.13. The molecule has 0 aromatic rings. The Balaban J connectivity index is 2.18. The summed E-state index contributed by atoms with van der Waals surface area (Å²) in [6.07, 6.45) is 6.47. The van der Waals surface area contributed by atoms with E-state index in [1.807, 2.05) is 6.92 Å². The lowest BCUT2D eigenvalue weighted by Gasteiger charge is -2.44. The molecule has 0 spiro atoms. The van der Waals surface area contributed by atoms with Crippen LogP contribution in [0.2, 0.25) is 0 Å². The van der Waals surface area contributed by atoms with Gasteiger partial charge in [-0.25, -0.2) is 0 Å². The summed E-state index contributed by atoms with van der Waals surface area (Å²) in [5.41, 5.74) is -0.269. The Bertz CT molecular complexity index is 326. The van der Waals surface area contributed by atoms with E-state index in [0.717, 1.165) is 32.1 Å². The van der Waals surface area contributed by atoms with Crippen LogP contribution in [0, 0.1) is 11.8 Å². The van der Waals surface area contributed by atoms with E-state index in [9.17, 15) is 4.79 Å². The number of unbranched alkanes of at least 4 members (excludes halogenated alkanes) is 1. The maximum absolute atomic E-state index is 11.9. The molecule has 1 aliphatic carbocycles. The molecule has 2 rings (SSSR count). The molecule has 0 radical (unpaired) electrons. The Morgan fingerprint density at radius 3 is 2.68 bits per heavy atom. The summed E-state index contributed by atoms with van der Waals surface area (Å²) in [4.78, 5) is 11.9. The quantitative estimate of drug-likeness (QED) is 0.544. The van der Waals surface area contributed by atoms with Crippen LogP contribution in [0.25, 0.3) is 0 Å². The fourth-order valence-electron chi connectivity index (χ4n) is 3.63. The minimum atomic E-state index is -0.269. The minimum absolute atomic E-state index is 0.0548. The molecule has 110 valence electrons. The highest BCUT2D eigenvalue weighted by Crippen LogP contribution is 2.51. The lowest BCUT2D eigenvalue weighted by atomic mass is 9.68. The number of carbonyl (C=O) groups is 1. The Hall–Kier alpha value is -0.570. The van der Waals surface area contributed by atoms with Crippen LogP contribution in [0.3, 0.4) is 0 Å². The van der Waals surface area contributed by atoms with Crippen molar-refractivity contribution in [2.75, 3.05) is 0 Å². The standard InChI is InChI=1S/C16H28O3/c1-5-7-8-16(19-15(17)6-2)10-14-13(18-14)9-12(16)11(3)4/h11-14H,5-10H2,1-4H3. The van der Waals surface area contributed by atoms with E-state index < -0.39 is 0 Å². The van der Waals surface area contributed by atoms with Crippen molar-refractivity contribution in [2.45, 2.75) is 84.0 Å². The van der Waals surface area contributed by atoms with E-state index >= 15 is 0 Å². The first-order chi connectivity index (χ1) is 9.02. The summed E-state index contributed by atoms with van der Waals surface area (Å²) in [6, 6.07) is 0. The number of rotatable bonds is 6. The molecule has 2 aliphatic rings. The van der Waals surface area contributed by atoms with E-state index in [0.29, 0.717) is 30.5 Å². The Kier molecular flexibility index (Phi) is 4.54. The molecule has 1 saturated heterocycles. The molecular weight excluding hydrogens is 240 g/mol. The molecule has 0 N–H and O–H groups in total. The van der Waals surface area contributed by atoms with Crippen molar-refractivity contribution in [2.24, 2.45) is 11.8 Å². The van der Waals surface area contributed by atoms with E-state index in [1.165, 1.54) is 0 Å². The summed E-state index contributed by atoms with van der Waals surface area (Å²) in [7, 11) is 0. The van der Waals surface area contributed by atoms with Crippen LogP contribution in [0.5, 0.6) is 0 Å². The van der Waals surface area contributed by atoms with E-state index in [4.69, 9.17) is 9.47 Å². The van der Waals surface area contributed by atoms with Crippen LogP contribution in [-0.4, -0.2) is 23.8 Å². The largest absolute Gasteiger partial charge is 0.459 e. The van der Waals surface area contributed by atoms with Crippen LogP contribution >= 0.6 is 0 Å². The molecule has 3 heteroatoms. The summed E-state index contributed by atoms with van der Waals surface area (Å²) in [5.74, 6) is 0.922. The van der Waals surface area contributed by atoms with Crippen LogP contribution < -0.4 is 0 Å². The van der Waals surface area contributed by atoms with Gasteiger partial charge in [0.2, 0.25) is 0 Å². The van der Waals surface area contributed by atoms with Gasteiger partial charge in [-0.1, -0.05) is 34.1 Å². The first kappa shape index (κ1) is 14.8. The van der Waals surface area contributed by atoms with Crippen molar-refractivity contribution in [1.82, 2.24) is 0 Å². The van der Waals surface area contributed by atoms with Gasteiger partial charge in [0.05, 0.1) is 12.2 Å². The number of fused-ring (bicyclic) bond motifs is 1. The fourth-order valence-corrected chi connectivity index (χ4v) is 3.63. The van der Waals surface area contributed by atoms with Crippen LogP contribution in [0.1, 0.15) is 66.2 Å². The number of ether oxygens (including phenoxy) is 2. The normalized spacial score (nSPS) is 37.0. The lowest BCUT2D eigenvalue weighted by Crippen LogP contribution is -2.49. The van der Waals surface area contributed by atoms with Crippen LogP contribution in [0.4, 0.5) is 0 Å². The zero-order valence-electron chi connectivity index (χ0n) is 12.8. The summed E-state index contributed by atoms with van der Waals surface area (Å²) >= 11 is 0.